The van der Waals surface area contributed by atoms with Crippen LogP contribution in [-0.2, 0) is 9.30 Å². The molecule has 56 valence electrons. The van der Waals surface area contributed by atoms with Gasteiger partial charge in [0, 0.05) is 19.4 Å². The number of hydrogen-bond donors (Lipinski definition) is 1. The molecule has 4 heteroatoms. The van der Waals surface area contributed by atoms with Gasteiger partial charge in [-0.1, -0.05) is 6.92 Å². The van der Waals surface area contributed by atoms with Gasteiger partial charge in [0.15, 0.2) is 8.03 Å². The van der Waals surface area contributed by atoms with Crippen molar-refractivity contribution in [3.05, 3.63) is 0 Å². The Morgan fingerprint density at radius 2 is 2.33 bits per heavy atom. The van der Waals surface area contributed by atoms with E-state index in [9.17, 15) is 4.57 Å². The maximum atomic E-state index is 10.3. The van der Waals surface area contributed by atoms with Crippen LogP contribution in [-0.4, -0.2) is 24.3 Å². The van der Waals surface area contributed by atoms with E-state index in [4.69, 9.17) is 9.63 Å². The fourth-order valence-corrected chi connectivity index (χ4v) is 0.783. The molecule has 0 bridgehead atoms. The van der Waals surface area contributed by atoms with Crippen LogP contribution in [0.2, 0.25) is 0 Å². The molecule has 2 atom stereocenters. The van der Waals surface area contributed by atoms with Crippen molar-refractivity contribution >= 4 is 8.03 Å². The lowest BCUT2D eigenvalue weighted by Crippen LogP contribution is -2.00. The highest BCUT2D eigenvalue weighted by Crippen LogP contribution is 2.23. The number of hydrogen-bond acceptors (Lipinski definition) is 2. The van der Waals surface area contributed by atoms with Crippen LogP contribution < -0.4 is 0 Å². The van der Waals surface area contributed by atoms with Crippen LogP contribution in [0.15, 0.2) is 0 Å². The summed E-state index contributed by atoms with van der Waals surface area (Å²) in [5, 5.41) is 0. The Morgan fingerprint density at radius 3 is 2.67 bits per heavy atom. The Kier molecular flexibility index (Phi) is 5.06. The van der Waals surface area contributed by atoms with Gasteiger partial charge >= 0.3 is 0 Å². The second-order valence-corrected chi connectivity index (χ2v) is 3.68. The second kappa shape index (κ2) is 4.98. The highest BCUT2D eigenvalue weighted by Gasteiger charge is 2.05. The van der Waals surface area contributed by atoms with Gasteiger partial charge in [0.25, 0.3) is 0 Å². The maximum Gasteiger partial charge on any atom is 0.191 e. The monoisotopic (exact) mass is 152 g/mol. The topological polar surface area (TPSA) is 46.5 Å². The van der Waals surface area contributed by atoms with Crippen LogP contribution in [0.4, 0.5) is 0 Å². The first-order chi connectivity index (χ1) is 4.18. The zero-order valence-electron chi connectivity index (χ0n) is 5.76. The van der Waals surface area contributed by atoms with E-state index in [0.717, 1.165) is 0 Å². The molecule has 0 fully saturated rings. The fraction of sp³-hybridized carbons (Fsp3) is 1.00. The van der Waals surface area contributed by atoms with Crippen LogP contribution in [0.3, 0.4) is 0 Å². The first-order valence-corrected chi connectivity index (χ1v) is 4.33. The lowest BCUT2D eigenvalue weighted by molar-refractivity contribution is 0.194. The highest BCUT2D eigenvalue weighted by molar-refractivity contribution is 7.38. The molecule has 0 aliphatic rings. The Hall–Kier alpha value is 0.150. The molecule has 1 N–H and O–H groups in total. The Bertz CT molecular complexity index is 94.2. The molecule has 2 unspecified atom stereocenters. The first kappa shape index (κ1) is 9.15. The Morgan fingerprint density at radius 1 is 1.78 bits per heavy atom. The van der Waals surface area contributed by atoms with E-state index in [1.807, 2.05) is 0 Å². The average Bonchev–Trinajstić information content (AvgIpc) is 1.82. The molecule has 0 rings (SSSR count). The van der Waals surface area contributed by atoms with Gasteiger partial charge in [-0.15, -0.1) is 0 Å². The molecular weight excluding hydrogens is 139 g/mol. The van der Waals surface area contributed by atoms with Gasteiger partial charge in [-0.25, -0.2) is 0 Å². The number of methoxy groups -OCH3 is 1. The van der Waals surface area contributed by atoms with E-state index in [-0.39, 0.29) is 5.66 Å². The van der Waals surface area contributed by atoms with Crippen molar-refractivity contribution in [3.8, 4) is 0 Å². The van der Waals surface area contributed by atoms with Gasteiger partial charge in [0.05, 0.1) is 0 Å². The standard InChI is InChI=1S/C5H13O3P/c1-5(9(6)7)3-4-8-2/h5,9H,3-4H2,1-2H3,(H,6,7). The van der Waals surface area contributed by atoms with E-state index >= 15 is 0 Å². The molecule has 0 radical (unpaired) electrons. The summed E-state index contributed by atoms with van der Waals surface area (Å²) >= 11 is 0. The van der Waals surface area contributed by atoms with E-state index < -0.39 is 8.03 Å². The molecule has 0 aromatic rings. The van der Waals surface area contributed by atoms with E-state index in [1.54, 1.807) is 14.0 Å². The van der Waals surface area contributed by atoms with Crippen LogP contribution in [0, 0.1) is 0 Å². The maximum absolute atomic E-state index is 10.3. The van der Waals surface area contributed by atoms with E-state index in [1.165, 1.54) is 0 Å². The predicted octanol–water partition coefficient (Wildman–Crippen LogP) is 0.878. The molecule has 9 heavy (non-hydrogen) atoms. The molecule has 0 spiro atoms. The Balaban J connectivity index is 3.27. The van der Waals surface area contributed by atoms with Gasteiger partial charge < -0.3 is 9.63 Å². The van der Waals surface area contributed by atoms with Crippen molar-refractivity contribution in [3.63, 3.8) is 0 Å². The van der Waals surface area contributed by atoms with E-state index in [2.05, 4.69) is 0 Å². The van der Waals surface area contributed by atoms with Gasteiger partial charge in [-0.3, -0.25) is 4.57 Å². The van der Waals surface area contributed by atoms with Gasteiger partial charge in [0.1, 0.15) is 0 Å². The molecule has 0 aliphatic carbocycles. The van der Waals surface area contributed by atoms with Gasteiger partial charge in [0.2, 0.25) is 0 Å². The third-order valence-corrected chi connectivity index (χ3v) is 2.31. The van der Waals surface area contributed by atoms with Crippen LogP contribution in [0.5, 0.6) is 0 Å². The van der Waals surface area contributed by atoms with Crippen LogP contribution in [0.1, 0.15) is 13.3 Å². The van der Waals surface area contributed by atoms with E-state index in [0.29, 0.717) is 13.0 Å². The summed E-state index contributed by atoms with van der Waals surface area (Å²) in [6.45, 7) is 2.32. The molecule has 0 saturated carbocycles. The summed E-state index contributed by atoms with van der Waals surface area (Å²) < 4.78 is 15.1. The lowest BCUT2D eigenvalue weighted by atomic mass is 10.3. The third kappa shape index (κ3) is 4.64. The molecule has 0 aromatic heterocycles. The summed E-state index contributed by atoms with van der Waals surface area (Å²) in [7, 11) is -0.730. The lowest BCUT2D eigenvalue weighted by Gasteiger charge is -2.04. The van der Waals surface area contributed by atoms with Crippen molar-refractivity contribution in [1.82, 2.24) is 0 Å². The number of rotatable bonds is 4. The minimum Gasteiger partial charge on any atom is -0.385 e. The summed E-state index contributed by atoms with van der Waals surface area (Å²) in [6, 6.07) is 0. The molecule has 0 heterocycles. The Labute approximate surface area is 55.9 Å². The normalized spacial score (nSPS) is 17.2. The molecular formula is C5H13O3P. The third-order valence-electron chi connectivity index (χ3n) is 1.18. The fourth-order valence-electron chi connectivity index (χ4n) is 0.418. The van der Waals surface area contributed by atoms with Crippen LogP contribution >= 0.6 is 8.03 Å². The zero-order chi connectivity index (χ0) is 7.28. The minimum atomic E-state index is -2.31. The van der Waals surface area contributed by atoms with Gasteiger partial charge in [-0.05, 0) is 6.42 Å². The van der Waals surface area contributed by atoms with Crippen molar-refractivity contribution in [2.75, 3.05) is 13.7 Å². The van der Waals surface area contributed by atoms with Crippen molar-refractivity contribution in [2.45, 2.75) is 19.0 Å². The number of ether oxygens (including phenoxy) is 1. The van der Waals surface area contributed by atoms with Gasteiger partial charge in [-0.2, -0.15) is 0 Å². The summed E-state index contributed by atoms with van der Waals surface area (Å²) in [5.74, 6) is 0. The molecule has 0 amide bonds. The average molecular weight is 152 g/mol. The summed E-state index contributed by atoms with van der Waals surface area (Å²) in [5.41, 5.74) is -0.102. The predicted molar refractivity (Wildman–Crippen MR) is 37.2 cm³/mol. The first-order valence-electron chi connectivity index (χ1n) is 2.90. The SMILES string of the molecule is COCCC(C)[PH](=O)O. The molecule has 0 saturated heterocycles. The smallest absolute Gasteiger partial charge is 0.191 e. The molecule has 3 nitrogen and oxygen atoms in total. The summed E-state index contributed by atoms with van der Waals surface area (Å²) in [4.78, 5) is 8.54. The van der Waals surface area contributed by atoms with Crippen molar-refractivity contribution < 1.29 is 14.2 Å². The largest absolute Gasteiger partial charge is 0.385 e. The zero-order valence-corrected chi connectivity index (χ0v) is 6.76. The summed E-state index contributed by atoms with van der Waals surface area (Å²) in [6.07, 6.45) is 0.671. The molecule has 0 aliphatic heterocycles. The van der Waals surface area contributed by atoms with Crippen molar-refractivity contribution in [1.29, 1.82) is 0 Å². The molecule has 0 aromatic carbocycles. The van der Waals surface area contributed by atoms with Crippen molar-refractivity contribution in [2.24, 2.45) is 0 Å². The quantitative estimate of drug-likeness (QED) is 0.608. The second-order valence-electron chi connectivity index (χ2n) is 2.02. The minimum absolute atomic E-state index is 0.102. The van der Waals surface area contributed by atoms with Crippen LogP contribution in [0.25, 0.3) is 0 Å². The highest BCUT2D eigenvalue weighted by atomic mass is 31.1.